The van der Waals surface area contributed by atoms with Gasteiger partial charge in [0.1, 0.15) is 0 Å². The lowest BCUT2D eigenvalue weighted by molar-refractivity contribution is -0.141. The number of hydrogen-bond donors (Lipinski definition) is 2. The van der Waals surface area contributed by atoms with Crippen molar-refractivity contribution in [3.05, 3.63) is 74.9 Å². The summed E-state index contributed by atoms with van der Waals surface area (Å²) in [5.74, 6) is -0.594. The molecule has 0 aliphatic carbocycles. The number of ether oxygens (including phenoxy) is 2. The molecule has 8 bridgehead atoms. The Kier molecular flexibility index (Phi) is 10.1. The monoisotopic (exact) mass is 645 g/mol. The first kappa shape index (κ1) is 34.1. The fourth-order valence-electron chi connectivity index (χ4n) is 6.88. The molecule has 0 radical (unpaired) electrons. The highest BCUT2D eigenvalue weighted by Crippen LogP contribution is 2.40. The number of rotatable bonds is 9. The van der Waals surface area contributed by atoms with Gasteiger partial charge in [0.15, 0.2) is 0 Å². The van der Waals surface area contributed by atoms with E-state index < -0.39 is 0 Å². The van der Waals surface area contributed by atoms with Gasteiger partial charge in [-0.2, -0.15) is 5.26 Å². The van der Waals surface area contributed by atoms with E-state index in [0.29, 0.717) is 24.2 Å². The maximum absolute atomic E-state index is 12.3. The molecular formula is C39H43N5O4. The number of methoxy groups -OCH3 is 2. The number of aryl methyl sites for hydroxylation is 4. The Morgan fingerprint density at radius 1 is 0.750 bits per heavy atom. The second-order valence-corrected chi connectivity index (χ2v) is 12.2. The predicted molar refractivity (Wildman–Crippen MR) is 191 cm³/mol. The number of aromatic nitrogens is 4. The molecular weight excluding hydrogens is 602 g/mol. The fourth-order valence-corrected chi connectivity index (χ4v) is 6.88. The molecule has 0 spiro atoms. The van der Waals surface area contributed by atoms with Crippen LogP contribution < -0.4 is 0 Å². The van der Waals surface area contributed by atoms with E-state index in [1.165, 1.54) is 31.4 Å². The summed E-state index contributed by atoms with van der Waals surface area (Å²) in [6.07, 6.45) is 6.17. The average molecular weight is 646 g/mol. The minimum Gasteiger partial charge on any atom is -0.469 e. The summed E-state index contributed by atoms with van der Waals surface area (Å²) in [6, 6.07) is 8.42. The molecule has 0 aromatic carbocycles. The van der Waals surface area contributed by atoms with E-state index >= 15 is 0 Å². The Labute approximate surface area is 281 Å². The van der Waals surface area contributed by atoms with Crippen LogP contribution in [-0.2, 0) is 31.9 Å². The highest BCUT2D eigenvalue weighted by molar-refractivity contribution is 5.99. The van der Waals surface area contributed by atoms with Crippen LogP contribution in [0.5, 0.6) is 0 Å². The van der Waals surface area contributed by atoms with Crippen molar-refractivity contribution in [2.45, 2.75) is 80.1 Å². The molecule has 48 heavy (non-hydrogen) atoms. The molecule has 0 saturated carbocycles. The zero-order valence-corrected chi connectivity index (χ0v) is 29.1. The highest BCUT2D eigenvalue weighted by Gasteiger charge is 2.25. The van der Waals surface area contributed by atoms with Crippen LogP contribution in [0.25, 0.3) is 50.4 Å². The lowest BCUT2D eigenvalue weighted by atomic mass is 9.96. The van der Waals surface area contributed by atoms with Gasteiger partial charge in [0.2, 0.25) is 0 Å². The summed E-state index contributed by atoms with van der Waals surface area (Å²) in [4.78, 5) is 42.3. The average Bonchev–Trinajstić information content (AvgIpc) is 3.75. The summed E-state index contributed by atoms with van der Waals surface area (Å²) in [7, 11) is 2.79. The van der Waals surface area contributed by atoms with Crippen LogP contribution in [0.4, 0.5) is 0 Å². The van der Waals surface area contributed by atoms with Gasteiger partial charge < -0.3 is 19.4 Å². The second-order valence-electron chi connectivity index (χ2n) is 12.2. The highest BCUT2D eigenvalue weighted by atomic mass is 16.5. The van der Waals surface area contributed by atoms with Crippen molar-refractivity contribution in [1.29, 1.82) is 5.26 Å². The molecule has 5 heterocycles. The zero-order valence-electron chi connectivity index (χ0n) is 29.1. The molecule has 0 saturated heterocycles. The van der Waals surface area contributed by atoms with Gasteiger partial charge in [-0.05, 0) is 122 Å². The third kappa shape index (κ3) is 6.35. The van der Waals surface area contributed by atoms with Crippen molar-refractivity contribution in [1.82, 2.24) is 19.9 Å². The van der Waals surface area contributed by atoms with E-state index in [-0.39, 0.29) is 24.8 Å². The summed E-state index contributed by atoms with van der Waals surface area (Å²) in [5, 5.41) is 9.60. The van der Waals surface area contributed by atoms with Crippen molar-refractivity contribution < 1.29 is 19.1 Å². The molecule has 2 N–H and O–H groups in total. The predicted octanol–water partition coefficient (Wildman–Crippen LogP) is 8.36. The molecule has 0 unspecified atom stereocenters. The molecule has 2 aliphatic heterocycles. The number of aromatic amines is 2. The molecule has 0 amide bonds. The number of hydrogen-bond acceptors (Lipinski definition) is 7. The van der Waals surface area contributed by atoms with Gasteiger partial charge in [-0.1, -0.05) is 13.8 Å². The van der Waals surface area contributed by atoms with Gasteiger partial charge in [-0.15, -0.1) is 0 Å². The van der Waals surface area contributed by atoms with Gasteiger partial charge in [0.25, 0.3) is 0 Å². The molecule has 9 nitrogen and oxygen atoms in total. The number of carbonyl (C=O) groups is 2. The zero-order chi connectivity index (χ0) is 34.7. The Balaban J connectivity index is 1.99. The van der Waals surface area contributed by atoms with Crippen LogP contribution in [-0.4, -0.2) is 46.1 Å². The maximum atomic E-state index is 12.3. The number of H-pyrrole nitrogens is 2. The van der Waals surface area contributed by atoms with Crippen molar-refractivity contribution in [3.63, 3.8) is 0 Å². The van der Waals surface area contributed by atoms with E-state index in [4.69, 9.17) is 19.4 Å². The van der Waals surface area contributed by atoms with Crippen molar-refractivity contribution in [2.75, 3.05) is 14.2 Å². The second kappa shape index (κ2) is 14.3. The standard InChI is InChI=1S/C39H43N5O4/c1-9-25-21(3)30-19-33-26(10-2)23(5)38(43-33)29(12-11-17-40)39-24(6)28(14-16-37(46)48-8)35(44-39)20-34-27(13-15-36(45)47-7)22(4)31(42-34)18-32(25)41-30/h11-12,18-20,41-42H,9-10,13-16H2,1-8H3/b12-11+,30-19?,31-18?,32-18?,33-19?,34-20?,35-20?,38-29?,39-29?. The smallest absolute Gasteiger partial charge is 0.305 e. The third-order valence-electron chi connectivity index (χ3n) is 9.61. The Hall–Kier alpha value is -5.23. The Bertz CT molecular complexity index is 2120. The van der Waals surface area contributed by atoms with Crippen LogP contribution in [0, 0.1) is 25.2 Å². The summed E-state index contributed by atoms with van der Waals surface area (Å²) < 4.78 is 9.96. The topological polar surface area (TPSA) is 134 Å². The number of esters is 2. The van der Waals surface area contributed by atoms with Gasteiger partial charge in [-0.3, -0.25) is 9.59 Å². The summed E-state index contributed by atoms with van der Waals surface area (Å²) in [5.41, 5.74) is 16.0. The number of fused-ring (bicyclic) bond motifs is 8. The van der Waals surface area contributed by atoms with Crippen LogP contribution in [0.3, 0.4) is 0 Å². The number of carbonyl (C=O) groups excluding carboxylic acids is 2. The summed E-state index contributed by atoms with van der Waals surface area (Å²) in [6.45, 7) is 12.6. The summed E-state index contributed by atoms with van der Waals surface area (Å²) >= 11 is 0. The molecule has 5 rings (SSSR count). The van der Waals surface area contributed by atoms with E-state index in [1.54, 1.807) is 6.08 Å². The Morgan fingerprint density at radius 3 is 1.85 bits per heavy atom. The lowest BCUT2D eigenvalue weighted by Gasteiger charge is -2.06. The normalized spacial score (nSPS) is 13.0. The van der Waals surface area contributed by atoms with E-state index in [1.807, 2.05) is 13.0 Å². The molecule has 3 aromatic rings. The van der Waals surface area contributed by atoms with Gasteiger partial charge in [0.05, 0.1) is 43.1 Å². The first-order chi connectivity index (χ1) is 23.1. The van der Waals surface area contributed by atoms with E-state index in [9.17, 15) is 14.9 Å². The van der Waals surface area contributed by atoms with Gasteiger partial charge in [0, 0.05) is 46.5 Å². The Morgan fingerprint density at radius 2 is 1.27 bits per heavy atom. The molecule has 0 atom stereocenters. The number of nitrogens with one attached hydrogen (secondary N) is 2. The van der Waals surface area contributed by atoms with Crippen LogP contribution in [0.1, 0.15) is 104 Å². The van der Waals surface area contributed by atoms with Crippen molar-refractivity contribution in [2.24, 2.45) is 0 Å². The van der Waals surface area contributed by atoms with E-state index in [0.717, 1.165) is 85.3 Å². The maximum Gasteiger partial charge on any atom is 0.305 e. The number of allylic oxidation sites excluding steroid dienone is 5. The van der Waals surface area contributed by atoms with Crippen molar-refractivity contribution >= 4 is 62.4 Å². The SMILES string of the molecule is CCC1=C(C)c2nc1cc1[nH]c(cc3[nH]c(cc4nc(c2/C=C/C#N)C(C)=C4CCC(=O)OC)c(CCC(=O)OC)c3C)c(CC)c1C. The van der Waals surface area contributed by atoms with Gasteiger partial charge in [-0.25, -0.2) is 9.97 Å². The quantitative estimate of drug-likeness (QED) is 0.176. The minimum absolute atomic E-state index is 0.186. The van der Waals surface area contributed by atoms with Gasteiger partial charge >= 0.3 is 11.9 Å². The van der Waals surface area contributed by atoms with E-state index in [2.05, 4.69) is 62.8 Å². The van der Waals surface area contributed by atoms with Crippen LogP contribution >= 0.6 is 0 Å². The molecule has 9 heteroatoms. The lowest BCUT2D eigenvalue weighted by Crippen LogP contribution is -2.02. The number of nitriles is 1. The fraction of sp³-hybridized carbons (Fsp3) is 0.359. The molecule has 2 aliphatic rings. The molecule has 0 fully saturated rings. The molecule has 3 aromatic heterocycles. The third-order valence-corrected chi connectivity index (χ3v) is 9.61. The molecule has 248 valence electrons. The van der Waals surface area contributed by atoms with Crippen LogP contribution in [0.15, 0.2) is 24.3 Å². The van der Waals surface area contributed by atoms with Crippen LogP contribution in [0.2, 0.25) is 0 Å². The van der Waals surface area contributed by atoms with Crippen molar-refractivity contribution in [3.8, 4) is 6.07 Å². The first-order valence-corrected chi connectivity index (χ1v) is 16.4. The largest absolute Gasteiger partial charge is 0.469 e. The minimum atomic E-state index is -0.310. The number of nitrogens with zero attached hydrogens (tertiary/aromatic N) is 3. The first-order valence-electron chi connectivity index (χ1n) is 16.4.